The van der Waals surface area contributed by atoms with E-state index in [1.54, 1.807) is 6.08 Å². The van der Waals surface area contributed by atoms with E-state index in [-0.39, 0.29) is 23.7 Å². The molecular weight excluding hydrogens is 240 g/mol. The molecule has 1 aliphatic carbocycles. The van der Waals surface area contributed by atoms with Crippen molar-refractivity contribution in [1.29, 1.82) is 0 Å². The Bertz CT molecular complexity index is 534. The van der Waals surface area contributed by atoms with Crippen LogP contribution in [0.3, 0.4) is 0 Å². The van der Waals surface area contributed by atoms with E-state index in [0.717, 1.165) is 11.8 Å². The third-order valence-corrected chi connectivity index (χ3v) is 4.24. The maximum absolute atomic E-state index is 11.6. The van der Waals surface area contributed by atoms with E-state index in [1.165, 1.54) is 0 Å². The van der Waals surface area contributed by atoms with Crippen LogP contribution in [0, 0.1) is 11.8 Å². The number of fused-ring (bicyclic) bond motifs is 1. The third kappa shape index (κ3) is 1.94. The Labute approximate surface area is 112 Å². The van der Waals surface area contributed by atoms with Crippen LogP contribution >= 0.6 is 0 Å². The molecule has 98 valence electrons. The molecule has 1 aromatic rings. The largest absolute Gasteiger partial charge is 0.362 e. The zero-order chi connectivity index (χ0) is 13.5. The molecule has 0 radical (unpaired) electrons. The Hall–Kier alpha value is -1.74. The minimum Gasteiger partial charge on any atom is -0.362 e. The van der Waals surface area contributed by atoms with Crippen LogP contribution in [0.5, 0.6) is 0 Å². The zero-order valence-electron chi connectivity index (χ0n) is 10.8. The molecule has 1 aliphatic heterocycles. The Kier molecular flexibility index (Phi) is 2.86. The first-order valence-electron chi connectivity index (χ1n) is 6.54. The van der Waals surface area contributed by atoms with E-state index >= 15 is 0 Å². The van der Waals surface area contributed by atoms with Crippen molar-refractivity contribution in [3.8, 4) is 0 Å². The predicted octanol–water partition coefficient (Wildman–Crippen LogP) is 2.48. The second kappa shape index (κ2) is 4.42. The molecule has 3 rings (SSSR count). The molecule has 0 saturated carbocycles. The summed E-state index contributed by atoms with van der Waals surface area (Å²) in [7, 11) is 0. The molecule has 0 N–H and O–H groups in total. The van der Waals surface area contributed by atoms with Crippen molar-refractivity contribution in [3.63, 3.8) is 0 Å². The van der Waals surface area contributed by atoms with Gasteiger partial charge in [-0.25, -0.2) is 0 Å². The highest BCUT2D eigenvalue weighted by Crippen LogP contribution is 2.50. The van der Waals surface area contributed by atoms with Gasteiger partial charge in [-0.2, -0.15) is 0 Å². The number of rotatable bonds is 2. The summed E-state index contributed by atoms with van der Waals surface area (Å²) in [5.74, 6) is -0.249. The van der Waals surface area contributed by atoms with Gasteiger partial charge in [0, 0.05) is 12.3 Å². The maximum Gasteiger partial charge on any atom is 0.155 e. The lowest BCUT2D eigenvalue weighted by Gasteiger charge is -2.30. The monoisotopic (exact) mass is 256 g/mol. The van der Waals surface area contributed by atoms with Gasteiger partial charge in [0.2, 0.25) is 0 Å². The Morgan fingerprint density at radius 3 is 2.74 bits per heavy atom. The van der Waals surface area contributed by atoms with Gasteiger partial charge in [0.1, 0.15) is 6.29 Å². The van der Waals surface area contributed by atoms with E-state index in [0.29, 0.717) is 6.42 Å². The van der Waals surface area contributed by atoms with Crippen LogP contribution in [0.1, 0.15) is 25.0 Å². The first kappa shape index (κ1) is 12.3. The molecule has 0 amide bonds. The minimum atomic E-state index is -0.514. The van der Waals surface area contributed by atoms with Crippen LogP contribution in [-0.4, -0.2) is 17.7 Å². The molecule has 2 aliphatic rings. The first-order valence-corrected chi connectivity index (χ1v) is 6.54. The number of hydrogen-bond acceptors (Lipinski definition) is 3. The topological polar surface area (TPSA) is 43.4 Å². The summed E-state index contributed by atoms with van der Waals surface area (Å²) in [6, 6.07) is 9.74. The van der Waals surface area contributed by atoms with Gasteiger partial charge in [-0.1, -0.05) is 30.3 Å². The fourth-order valence-electron chi connectivity index (χ4n) is 3.18. The van der Waals surface area contributed by atoms with Crippen LogP contribution in [-0.2, 0) is 14.3 Å². The van der Waals surface area contributed by atoms with Gasteiger partial charge in [-0.3, -0.25) is 4.79 Å². The van der Waals surface area contributed by atoms with Crippen LogP contribution in [0.4, 0.5) is 0 Å². The zero-order valence-corrected chi connectivity index (χ0v) is 10.8. The minimum absolute atomic E-state index is 0.0623. The molecule has 0 bridgehead atoms. The summed E-state index contributed by atoms with van der Waals surface area (Å²) in [4.78, 5) is 23.1. The van der Waals surface area contributed by atoms with Crippen molar-refractivity contribution in [1.82, 2.24) is 0 Å². The molecule has 1 heterocycles. The second-order valence-electron chi connectivity index (χ2n) is 5.46. The number of carbonyl (C=O) groups is 2. The summed E-state index contributed by atoms with van der Waals surface area (Å²) in [5.41, 5.74) is 0.482. The highest BCUT2D eigenvalue weighted by Gasteiger charge is 2.52. The van der Waals surface area contributed by atoms with Crippen LogP contribution in [0.25, 0.3) is 0 Å². The van der Waals surface area contributed by atoms with E-state index in [1.807, 2.05) is 43.3 Å². The number of aldehydes is 1. The molecule has 1 fully saturated rings. The van der Waals surface area contributed by atoms with E-state index in [9.17, 15) is 9.59 Å². The van der Waals surface area contributed by atoms with Crippen LogP contribution in [0.15, 0.2) is 42.5 Å². The normalized spacial score (nSPS) is 37.1. The predicted molar refractivity (Wildman–Crippen MR) is 70.5 cm³/mol. The molecule has 0 spiro atoms. The van der Waals surface area contributed by atoms with Crippen molar-refractivity contribution < 1.29 is 14.3 Å². The highest BCUT2D eigenvalue weighted by molar-refractivity contribution is 5.91. The van der Waals surface area contributed by atoms with Crippen molar-refractivity contribution >= 4 is 12.1 Å². The summed E-state index contributed by atoms with van der Waals surface area (Å²) in [5, 5.41) is 0. The molecule has 0 unspecified atom stereocenters. The van der Waals surface area contributed by atoms with Crippen molar-refractivity contribution in [2.75, 3.05) is 0 Å². The van der Waals surface area contributed by atoms with E-state index in [4.69, 9.17) is 4.74 Å². The number of carbonyl (C=O) groups excluding carboxylic acids is 2. The Morgan fingerprint density at radius 1 is 1.32 bits per heavy atom. The van der Waals surface area contributed by atoms with Gasteiger partial charge >= 0.3 is 0 Å². The first-order chi connectivity index (χ1) is 9.14. The molecule has 1 aromatic carbocycles. The van der Waals surface area contributed by atoms with Crippen molar-refractivity contribution in [2.45, 2.75) is 25.0 Å². The van der Waals surface area contributed by atoms with Crippen molar-refractivity contribution in [3.05, 3.63) is 48.0 Å². The van der Waals surface area contributed by atoms with Gasteiger partial charge in [0.25, 0.3) is 0 Å². The molecular formula is C16H16O3. The van der Waals surface area contributed by atoms with E-state index in [2.05, 4.69) is 0 Å². The smallest absolute Gasteiger partial charge is 0.155 e. The molecule has 4 atom stereocenters. The number of allylic oxidation sites excluding steroid dienone is 1. The Morgan fingerprint density at radius 2 is 2.05 bits per heavy atom. The molecule has 3 heteroatoms. The summed E-state index contributed by atoms with van der Waals surface area (Å²) in [6.45, 7) is 1.96. The highest BCUT2D eigenvalue weighted by atomic mass is 16.5. The van der Waals surface area contributed by atoms with Crippen LogP contribution < -0.4 is 0 Å². The van der Waals surface area contributed by atoms with Gasteiger partial charge in [0.05, 0.1) is 17.6 Å². The maximum atomic E-state index is 11.6. The number of hydrogen-bond donors (Lipinski definition) is 0. The quantitative estimate of drug-likeness (QED) is 0.763. The van der Waals surface area contributed by atoms with Gasteiger partial charge in [-0.05, 0) is 24.6 Å². The fraction of sp³-hybridized carbons (Fsp3) is 0.375. The summed E-state index contributed by atoms with van der Waals surface area (Å²) in [6.07, 6.45) is 4.46. The number of ether oxygens (including phenoxy) is 1. The second-order valence-corrected chi connectivity index (χ2v) is 5.46. The SMILES string of the molecule is C[C@@]12C=CC(=O)C[C@@H]1[C@@H](C=O)[C@@H](c1ccccc1)O2. The number of benzene rings is 1. The molecule has 3 nitrogen and oxygen atoms in total. The Balaban J connectivity index is 1.99. The lowest BCUT2D eigenvalue weighted by atomic mass is 9.74. The lowest BCUT2D eigenvalue weighted by Crippen LogP contribution is -2.36. The number of ketones is 1. The molecule has 1 saturated heterocycles. The fourth-order valence-corrected chi connectivity index (χ4v) is 3.18. The molecule has 0 aromatic heterocycles. The third-order valence-electron chi connectivity index (χ3n) is 4.24. The average molecular weight is 256 g/mol. The summed E-state index contributed by atoms with van der Waals surface area (Å²) < 4.78 is 6.12. The summed E-state index contributed by atoms with van der Waals surface area (Å²) >= 11 is 0. The lowest BCUT2D eigenvalue weighted by molar-refractivity contribution is -0.118. The van der Waals surface area contributed by atoms with Crippen LogP contribution in [0.2, 0.25) is 0 Å². The molecule has 19 heavy (non-hydrogen) atoms. The van der Waals surface area contributed by atoms with Gasteiger partial charge in [0.15, 0.2) is 5.78 Å². The standard InChI is InChI=1S/C16H16O3/c1-16-8-7-12(18)9-14(16)13(10-17)15(19-16)11-5-3-2-4-6-11/h2-8,10,13-15H,9H2,1H3/t13-,14-,15-,16-/m1/s1. The van der Waals surface area contributed by atoms with Gasteiger partial charge < -0.3 is 9.53 Å². The average Bonchev–Trinajstić information content (AvgIpc) is 2.73. The van der Waals surface area contributed by atoms with Crippen molar-refractivity contribution in [2.24, 2.45) is 11.8 Å². The van der Waals surface area contributed by atoms with Gasteiger partial charge in [-0.15, -0.1) is 0 Å². The van der Waals surface area contributed by atoms with E-state index < -0.39 is 5.60 Å².